The minimum absolute atomic E-state index is 0.237. The zero-order valence-electron chi connectivity index (χ0n) is 15.4. The van der Waals surface area contributed by atoms with Crippen LogP contribution in [-0.4, -0.2) is 46.4 Å². The maximum absolute atomic E-state index is 10.5. The molecule has 2 heterocycles. The standard InChI is InChI=1S/C19H30N2O3S2/c1-2-17(25)21-12-18(26)20-11-14-13(15-9-10-16(14)24-15)7-5-3-4-6-8-19(22)23/h3,5,13-16H,2,4,6-12H2,1H3,(H,20,26)(H,21,25)(H,22,23)/t13-,14+,15-,16+/m0/s1. The van der Waals surface area contributed by atoms with E-state index in [4.69, 9.17) is 34.3 Å². The highest BCUT2D eigenvalue weighted by atomic mass is 32.1. The third kappa shape index (κ3) is 6.59. The molecule has 2 rings (SSSR count). The van der Waals surface area contributed by atoms with Crippen molar-refractivity contribution < 1.29 is 14.6 Å². The van der Waals surface area contributed by atoms with Crippen molar-refractivity contribution in [3.05, 3.63) is 12.2 Å². The second-order valence-electron chi connectivity index (χ2n) is 7.05. The van der Waals surface area contributed by atoms with Crippen LogP contribution < -0.4 is 10.6 Å². The Morgan fingerprint density at radius 2 is 1.88 bits per heavy atom. The molecular weight excluding hydrogens is 368 g/mol. The van der Waals surface area contributed by atoms with Crippen LogP contribution in [-0.2, 0) is 9.53 Å². The average Bonchev–Trinajstić information content (AvgIpc) is 3.22. The Bertz CT molecular complexity index is 539. The molecule has 2 aliphatic rings. The second-order valence-corrected chi connectivity index (χ2v) is 8.03. The lowest BCUT2D eigenvalue weighted by molar-refractivity contribution is -0.137. The number of hydrogen-bond donors (Lipinski definition) is 3. The highest BCUT2D eigenvalue weighted by Gasteiger charge is 2.47. The normalized spacial score (nSPS) is 27.0. The quantitative estimate of drug-likeness (QED) is 0.280. The van der Waals surface area contributed by atoms with Crippen LogP contribution in [0.2, 0.25) is 0 Å². The van der Waals surface area contributed by atoms with Gasteiger partial charge in [0.15, 0.2) is 0 Å². The molecule has 0 amide bonds. The van der Waals surface area contributed by atoms with Crippen molar-refractivity contribution in [2.24, 2.45) is 11.8 Å². The number of ether oxygens (including phenoxy) is 1. The summed E-state index contributed by atoms with van der Waals surface area (Å²) < 4.78 is 6.12. The van der Waals surface area contributed by atoms with Gasteiger partial charge in [-0.2, -0.15) is 0 Å². The minimum atomic E-state index is -0.726. The molecule has 0 aromatic heterocycles. The van der Waals surface area contributed by atoms with Crippen LogP contribution in [0.3, 0.4) is 0 Å². The van der Waals surface area contributed by atoms with Crippen LogP contribution in [0.15, 0.2) is 12.2 Å². The summed E-state index contributed by atoms with van der Waals surface area (Å²) >= 11 is 10.6. The van der Waals surface area contributed by atoms with E-state index < -0.39 is 5.97 Å². The van der Waals surface area contributed by atoms with Gasteiger partial charge in [-0.3, -0.25) is 4.79 Å². The first-order chi connectivity index (χ1) is 12.5. The number of nitrogens with one attached hydrogen (secondary N) is 2. The summed E-state index contributed by atoms with van der Waals surface area (Å²) in [5, 5.41) is 15.2. The molecule has 0 spiro atoms. The Balaban J connectivity index is 1.73. The molecule has 7 heteroatoms. The summed E-state index contributed by atoms with van der Waals surface area (Å²) in [6, 6.07) is 0. The molecule has 0 aromatic carbocycles. The van der Waals surface area contributed by atoms with Gasteiger partial charge in [-0.25, -0.2) is 0 Å². The van der Waals surface area contributed by atoms with Crippen molar-refractivity contribution in [2.75, 3.05) is 13.1 Å². The molecule has 2 bridgehead atoms. The molecule has 3 N–H and O–H groups in total. The number of allylic oxidation sites excluding steroid dienone is 2. The first kappa shape index (κ1) is 21.3. The summed E-state index contributed by atoms with van der Waals surface area (Å²) in [6.07, 6.45) is 10.9. The van der Waals surface area contributed by atoms with Gasteiger partial charge in [0.1, 0.15) is 0 Å². The van der Waals surface area contributed by atoms with Gasteiger partial charge in [0.25, 0.3) is 0 Å². The lowest BCUT2D eigenvalue weighted by atomic mass is 9.77. The van der Waals surface area contributed by atoms with Crippen molar-refractivity contribution in [1.82, 2.24) is 10.6 Å². The fraction of sp³-hybridized carbons (Fsp3) is 0.737. The number of unbranched alkanes of at least 4 members (excludes halogenated alkanes) is 1. The number of thiocarbonyl (C=S) groups is 2. The maximum atomic E-state index is 10.5. The average molecular weight is 399 g/mol. The molecule has 0 radical (unpaired) electrons. The van der Waals surface area contributed by atoms with E-state index in [-0.39, 0.29) is 6.42 Å². The van der Waals surface area contributed by atoms with Gasteiger partial charge in [0.2, 0.25) is 0 Å². The van der Waals surface area contributed by atoms with E-state index in [2.05, 4.69) is 22.8 Å². The van der Waals surface area contributed by atoms with Gasteiger partial charge >= 0.3 is 5.97 Å². The van der Waals surface area contributed by atoms with Gasteiger partial charge < -0.3 is 20.5 Å². The van der Waals surface area contributed by atoms with Crippen LogP contribution in [0.1, 0.15) is 51.9 Å². The highest BCUT2D eigenvalue weighted by molar-refractivity contribution is 7.80. The molecule has 2 aliphatic heterocycles. The van der Waals surface area contributed by atoms with Crippen molar-refractivity contribution in [3.63, 3.8) is 0 Å². The zero-order valence-corrected chi connectivity index (χ0v) is 17.0. The first-order valence-electron chi connectivity index (χ1n) is 9.57. The number of hydrogen-bond acceptors (Lipinski definition) is 4. The number of carbonyl (C=O) groups is 1. The smallest absolute Gasteiger partial charge is 0.303 e. The fourth-order valence-corrected chi connectivity index (χ4v) is 4.05. The summed E-state index contributed by atoms with van der Waals surface area (Å²) in [6.45, 7) is 3.47. The molecule has 0 aliphatic carbocycles. The van der Waals surface area contributed by atoms with E-state index in [1.54, 1.807) is 0 Å². The molecule has 26 heavy (non-hydrogen) atoms. The van der Waals surface area contributed by atoms with Crippen molar-refractivity contribution in [3.8, 4) is 0 Å². The number of carboxylic acids is 1. The molecular formula is C19H30N2O3S2. The van der Waals surface area contributed by atoms with Crippen molar-refractivity contribution in [1.29, 1.82) is 0 Å². The Kier molecular flexibility index (Phi) is 8.95. The fourth-order valence-electron chi connectivity index (χ4n) is 3.82. The highest BCUT2D eigenvalue weighted by Crippen LogP contribution is 2.44. The van der Waals surface area contributed by atoms with E-state index in [1.807, 2.05) is 6.92 Å². The SMILES string of the molecule is CCC(=S)NCC(=S)NC[C@@H]1[C@H](CC=CCCCC(=O)O)[C@@H]2CC[C@H]1O2. The van der Waals surface area contributed by atoms with Crippen molar-refractivity contribution >= 4 is 40.4 Å². The third-order valence-electron chi connectivity index (χ3n) is 5.23. The predicted molar refractivity (Wildman–Crippen MR) is 112 cm³/mol. The van der Waals surface area contributed by atoms with Crippen molar-refractivity contribution in [2.45, 2.75) is 64.1 Å². The summed E-state index contributed by atoms with van der Waals surface area (Å²) in [4.78, 5) is 12.2. The lowest BCUT2D eigenvalue weighted by Gasteiger charge is -2.28. The summed E-state index contributed by atoms with van der Waals surface area (Å²) in [7, 11) is 0. The predicted octanol–water partition coefficient (Wildman–Crippen LogP) is 3.23. The zero-order chi connectivity index (χ0) is 18.9. The molecule has 0 saturated carbocycles. The van der Waals surface area contributed by atoms with Crippen LogP contribution in [0.25, 0.3) is 0 Å². The Hall–Kier alpha value is -1.05. The van der Waals surface area contributed by atoms with Gasteiger partial charge in [0, 0.05) is 18.9 Å². The monoisotopic (exact) mass is 398 g/mol. The van der Waals surface area contributed by atoms with E-state index in [0.29, 0.717) is 37.0 Å². The van der Waals surface area contributed by atoms with Gasteiger partial charge in [0.05, 0.1) is 28.7 Å². The second kappa shape index (κ2) is 10.9. The molecule has 0 unspecified atom stereocenters. The van der Waals surface area contributed by atoms with Gasteiger partial charge in [-0.05, 0) is 44.4 Å². The molecule has 0 aromatic rings. The molecule has 5 nitrogen and oxygen atoms in total. The number of rotatable bonds is 11. The van der Waals surface area contributed by atoms with E-state index in [9.17, 15) is 4.79 Å². The van der Waals surface area contributed by atoms with Gasteiger partial charge in [-0.15, -0.1) is 0 Å². The number of aliphatic carboxylic acids is 1. The molecule has 146 valence electrons. The lowest BCUT2D eigenvalue weighted by Crippen LogP contribution is -2.41. The molecule has 4 atom stereocenters. The maximum Gasteiger partial charge on any atom is 0.303 e. The van der Waals surface area contributed by atoms with Crippen LogP contribution in [0.5, 0.6) is 0 Å². The minimum Gasteiger partial charge on any atom is -0.481 e. The Labute approximate surface area is 166 Å². The summed E-state index contributed by atoms with van der Waals surface area (Å²) in [5.74, 6) is 0.272. The number of carboxylic acid groups (broad SMARTS) is 1. The number of fused-ring (bicyclic) bond motifs is 2. The molecule has 2 fully saturated rings. The van der Waals surface area contributed by atoms with Gasteiger partial charge in [-0.1, -0.05) is 43.5 Å². The topological polar surface area (TPSA) is 70.6 Å². The molecule has 2 saturated heterocycles. The Morgan fingerprint density at radius 1 is 1.15 bits per heavy atom. The Morgan fingerprint density at radius 3 is 2.58 bits per heavy atom. The summed E-state index contributed by atoms with van der Waals surface area (Å²) in [5.41, 5.74) is 0. The van der Waals surface area contributed by atoms with E-state index in [1.165, 1.54) is 0 Å². The first-order valence-corrected chi connectivity index (χ1v) is 10.4. The van der Waals surface area contributed by atoms with Crippen LogP contribution in [0.4, 0.5) is 0 Å². The van der Waals surface area contributed by atoms with E-state index in [0.717, 1.165) is 48.6 Å². The van der Waals surface area contributed by atoms with Crippen LogP contribution >= 0.6 is 24.4 Å². The van der Waals surface area contributed by atoms with Crippen LogP contribution in [0, 0.1) is 11.8 Å². The largest absolute Gasteiger partial charge is 0.481 e. The third-order valence-corrected chi connectivity index (χ3v) is 5.95. The van der Waals surface area contributed by atoms with E-state index >= 15 is 0 Å².